The lowest BCUT2D eigenvalue weighted by Crippen LogP contribution is -2.44. The van der Waals surface area contributed by atoms with E-state index in [1.54, 1.807) is 10.6 Å². The molecule has 4 rings (SSSR count). The van der Waals surface area contributed by atoms with Gasteiger partial charge in [0.25, 0.3) is 11.5 Å². The van der Waals surface area contributed by atoms with E-state index in [9.17, 15) is 9.59 Å². The molecule has 160 valence electrons. The number of benzene rings is 1. The largest absolute Gasteiger partial charge is 0.351 e. The molecule has 3 aromatic rings. The Morgan fingerprint density at radius 3 is 2.63 bits per heavy atom. The van der Waals surface area contributed by atoms with Gasteiger partial charge in [0.15, 0.2) is 0 Å². The van der Waals surface area contributed by atoms with Crippen LogP contribution in [0.3, 0.4) is 0 Å². The van der Waals surface area contributed by atoms with Gasteiger partial charge in [-0.2, -0.15) is 0 Å². The molecule has 3 heterocycles. The summed E-state index contributed by atoms with van der Waals surface area (Å²) in [5, 5.41) is 4.74. The lowest BCUT2D eigenvalue weighted by molar-refractivity contribution is 0.0929. The fourth-order valence-electron chi connectivity index (χ4n) is 4.80. The van der Waals surface area contributed by atoms with Gasteiger partial charge in [-0.1, -0.05) is 24.6 Å². The second-order valence-electron chi connectivity index (χ2n) is 8.40. The molecule has 1 N–H and O–H groups in total. The summed E-state index contributed by atoms with van der Waals surface area (Å²) in [6, 6.07) is 11.0. The molecule has 1 fully saturated rings. The number of carbonyl (C=O) groups excluding carboxylic acids is 1. The van der Waals surface area contributed by atoms with Crippen LogP contribution < -0.4 is 10.9 Å². The number of para-hydroxylation sites is 1. The third-order valence-electron chi connectivity index (χ3n) is 6.44. The van der Waals surface area contributed by atoms with Crippen molar-refractivity contribution in [1.29, 1.82) is 0 Å². The highest BCUT2D eigenvalue weighted by atomic mass is 32.1. The summed E-state index contributed by atoms with van der Waals surface area (Å²) in [7, 11) is 0. The van der Waals surface area contributed by atoms with E-state index in [4.69, 9.17) is 0 Å². The SMILES string of the molecule is CCn1c(=O)c2cc(C(=O)NCCCN3[C@H](C)CCC[C@H]3C)sc2c2ccccc21. The first-order chi connectivity index (χ1) is 14.5. The number of carbonyl (C=O) groups is 1. The number of aromatic nitrogens is 1. The molecule has 1 aliphatic heterocycles. The molecule has 1 aliphatic rings. The van der Waals surface area contributed by atoms with Crippen LogP contribution in [0.1, 0.15) is 56.1 Å². The number of likely N-dealkylation sites (tertiary alicyclic amines) is 1. The molecule has 0 spiro atoms. The van der Waals surface area contributed by atoms with Crippen LogP contribution in [0.5, 0.6) is 0 Å². The summed E-state index contributed by atoms with van der Waals surface area (Å²) < 4.78 is 2.69. The fraction of sp³-hybridized carbons (Fsp3) is 0.500. The van der Waals surface area contributed by atoms with Gasteiger partial charge in [-0.3, -0.25) is 14.5 Å². The topological polar surface area (TPSA) is 54.3 Å². The average molecular weight is 426 g/mol. The van der Waals surface area contributed by atoms with E-state index in [2.05, 4.69) is 24.1 Å². The summed E-state index contributed by atoms with van der Waals surface area (Å²) in [5.74, 6) is -0.0810. The smallest absolute Gasteiger partial charge is 0.261 e. The predicted octanol–water partition coefficient (Wildman–Crippen LogP) is 4.62. The third-order valence-corrected chi connectivity index (χ3v) is 7.61. The average Bonchev–Trinajstić information content (AvgIpc) is 3.19. The maximum Gasteiger partial charge on any atom is 0.261 e. The number of fused-ring (bicyclic) bond motifs is 3. The molecule has 0 saturated carbocycles. The maximum atomic E-state index is 12.9. The number of pyridine rings is 1. The highest BCUT2D eigenvalue weighted by Crippen LogP contribution is 2.30. The summed E-state index contributed by atoms with van der Waals surface area (Å²) in [4.78, 5) is 28.9. The molecule has 2 aromatic heterocycles. The molecule has 1 amide bonds. The van der Waals surface area contributed by atoms with Crippen LogP contribution in [0.15, 0.2) is 35.1 Å². The van der Waals surface area contributed by atoms with Crippen molar-refractivity contribution in [2.75, 3.05) is 13.1 Å². The molecular formula is C24H31N3O2S. The fourth-order valence-corrected chi connectivity index (χ4v) is 5.90. The van der Waals surface area contributed by atoms with Crippen molar-refractivity contribution in [2.24, 2.45) is 0 Å². The van der Waals surface area contributed by atoms with E-state index in [1.165, 1.54) is 30.6 Å². The Bertz CT molecular complexity index is 1110. The lowest BCUT2D eigenvalue weighted by atomic mass is 9.97. The zero-order chi connectivity index (χ0) is 21.3. The minimum absolute atomic E-state index is 0.0189. The Hall–Kier alpha value is -2.18. The van der Waals surface area contributed by atoms with Crippen molar-refractivity contribution in [3.63, 3.8) is 0 Å². The molecule has 30 heavy (non-hydrogen) atoms. The maximum absolute atomic E-state index is 12.9. The predicted molar refractivity (Wildman–Crippen MR) is 126 cm³/mol. The van der Waals surface area contributed by atoms with Crippen LogP contribution in [0, 0.1) is 0 Å². The Kier molecular flexibility index (Phi) is 6.25. The number of nitrogens with one attached hydrogen (secondary N) is 1. The van der Waals surface area contributed by atoms with Crippen molar-refractivity contribution in [3.8, 4) is 0 Å². The molecule has 1 saturated heterocycles. The second kappa shape index (κ2) is 8.90. The molecular weight excluding hydrogens is 394 g/mol. The van der Waals surface area contributed by atoms with Gasteiger partial charge in [-0.05, 0) is 52.2 Å². The van der Waals surface area contributed by atoms with E-state index >= 15 is 0 Å². The number of hydrogen-bond donors (Lipinski definition) is 1. The van der Waals surface area contributed by atoms with Crippen LogP contribution in [0.2, 0.25) is 0 Å². The molecule has 0 unspecified atom stereocenters. The Morgan fingerprint density at radius 1 is 1.17 bits per heavy atom. The molecule has 0 aliphatic carbocycles. The zero-order valence-corrected chi connectivity index (χ0v) is 18.9. The summed E-state index contributed by atoms with van der Waals surface area (Å²) in [5.41, 5.74) is 0.908. The minimum Gasteiger partial charge on any atom is -0.351 e. The van der Waals surface area contributed by atoms with Crippen molar-refractivity contribution in [1.82, 2.24) is 14.8 Å². The highest BCUT2D eigenvalue weighted by molar-refractivity contribution is 7.21. The van der Waals surface area contributed by atoms with Crippen LogP contribution in [-0.2, 0) is 6.54 Å². The van der Waals surface area contributed by atoms with Gasteiger partial charge in [-0.15, -0.1) is 11.3 Å². The van der Waals surface area contributed by atoms with Crippen LogP contribution in [-0.4, -0.2) is 40.5 Å². The number of hydrogen-bond acceptors (Lipinski definition) is 4. The quantitative estimate of drug-likeness (QED) is 0.587. The number of piperidine rings is 1. The third kappa shape index (κ3) is 3.91. The molecule has 0 radical (unpaired) electrons. The molecule has 2 atom stereocenters. The van der Waals surface area contributed by atoms with Crippen LogP contribution in [0.4, 0.5) is 0 Å². The number of rotatable bonds is 6. The van der Waals surface area contributed by atoms with Gasteiger partial charge in [-0.25, -0.2) is 0 Å². The summed E-state index contributed by atoms with van der Waals surface area (Å²) in [6.07, 6.45) is 4.79. The van der Waals surface area contributed by atoms with Crippen LogP contribution in [0.25, 0.3) is 21.0 Å². The second-order valence-corrected chi connectivity index (χ2v) is 9.45. The Labute approximate surface area is 181 Å². The Balaban J connectivity index is 1.48. The van der Waals surface area contributed by atoms with E-state index in [0.29, 0.717) is 35.4 Å². The van der Waals surface area contributed by atoms with E-state index < -0.39 is 0 Å². The zero-order valence-electron chi connectivity index (χ0n) is 18.1. The first kappa shape index (κ1) is 21.1. The van der Waals surface area contributed by atoms with Gasteiger partial charge in [0, 0.05) is 41.8 Å². The molecule has 5 nitrogen and oxygen atoms in total. The van der Waals surface area contributed by atoms with Crippen LogP contribution >= 0.6 is 11.3 Å². The standard InChI is InChI=1S/C24H31N3O2S/c1-4-26-20-12-6-5-11-18(20)22-19(24(26)29)15-21(30-22)23(28)25-13-8-14-27-16(2)9-7-10-17(27)3/h5-6,11-12,15-17H,4,7-10,13-14H2,1-3H3,(H,25,28)/t16-,17-/m1/s1. The van der Waals surface area contributed by atoms with E-state index in [-0.39, 0.29) is 11.5 Å². The molecule has 6 heteroatoms. The first-order valence-corrected chi connectivity index (χ1v) is 11.9. The van der Waals surface area contributed by atoms with E-state index in [0.717, 1.165) is 28.6 Å². The monoisotopic (exact) mass is 425 g/mol. The van der Waals surface area contributed by atoms with Crippen molar-refractivity contribution in [2.45, 2.75) is 65.1 Å². The number of aryl methyl sites for hydroxylation is 1. The van der Waals surface area contributed by atoms with Gasteiger partial charge in [0.1, 0.15) is 0 Å². The molecule has 0 bridgehead atoms. The van der Waals surface area contributed by atoms with E-state index in [1.807, 2.05) is 31.2 Å². The van der Waals surface area contributed by atoms with Gasteiger partial charge in [0.2, 0.25) is 0 Å². The Morgan fingerprint density at radius 2 is 1.90 bits per heavy atom. The number of amides is 1. The van der Waals surface area contributed by atoms with Crippen molar-refractivity contribution in [3.05, 3.63) is 45.6 Å². The van der Waals surface area contributed by atoms with Gasteiger partial charge in [0.05, 0.1) is 15.8 Å². The van der Waals surface area contributed by atoms with Gasteiger partial charge < -0.3 is 9.88 Å². The number of thiophene rings is 1. The first-order valence-electron chi connectivity index (χ1n) is 11.1. The van der Waals surface area contributed by atoms with Crippen molar-refractivity contribution >= 4 is 38.2 Å². The summed E-state index contributed by atoms with van der Waals surface area (Å²) in [6.45, 7) is 8.87. The summed E-state index contributed by atoms with van der Waals surface area (Å²) >= 11 is 1.42. The molecule has 1 aromatic carbocycles. The normalized spacial score (nSPS) is 20.1. The minimum atomic E-state index is -0.0810. The number of nitrogens with zero attached hydrogens (tertiary/aromatic N) is 2. The lowest BCUT2D eigenvalue weighted by Gasteiger charge is -2.39. The highest BCUT2D eigenvalue weighted by Gasteiger charge is 2.24. The van der Waals surface area contributed by atoms with Crippen molar-refractivity contribution < 1.29 is 4.79 Å². The van der Waals surface area contributed by atoms with Gasteiger partial charge >= 0.3 is 0 Å².